The lowest BCUT2D eigenvalue weighted by Gasteiger charge is -2.08. The van der Waals surface area contributed by atoms with E-state index in [-0.39, 0.29) is 0 Å². The Morgan fingerprint density at radius 3 is 2.94 bits per heavy atom. The second-order valence-electron chi connectivity index (χ2n) is 2.94. The number of hydrogen-bond donors (Lipinski definition) is 2. The topological polar surface area (TPSA) is 85.4 Å². The summed E-state index contributed by atoms with van der Waals surface area (Å²) in [7, 11) is 3.23. The van der Waals surface area contributed by atoms with Crippen LogP contribution in [0.25, 0.3) is 0 Å². The number of aliphatic imine (C=N–C) groups is 1. The van der Waals surface area contributed by atoms with Crippen molar-refractivity contribution in [1.82, 2.24) is 9.97 Å². The summed E-state index contributed by atoms with van der Waals surface area (Å²) < 4.78 is 4.98. The van der Waals surface area contributed by atoms with E-state index in [2.05, 4.69) is 20.3 Å². The molecule has 1 heterocycles. The fourth-order valence-corrected chi connectivity index (χ4v) is 1.01. The molecule has 6 heteroatoms. The highest BCUT2D eigenvalue weighted by Crippen LogP contribution is 2.09. The zero-order valence-corrected chi connectivity index (χ0v) is 9.56. The lowest BCUT2D eigenvalue weighted by atomic mass is 10.3. The summed E-state index contributed by atoms with van der Waals surface area (Å²) in [5.41, 5.74) is 6.91. The lowest BCUT2D eigenvalue weighted by Crippen LogP contribution is -2.12. The summed E-state index contributed by atoms with van der Waals surface area (Å²) in [6.07, 6.45) is 3.02. The maximum atomic E-state index is 5.48. The zero-order chi connectivity index (χ0) is 12.0. The van der Waals surface area contributed by atoms with E-state index in [1.165, 1.54) is 6.20 Å². The van der Waals surface area contributed by atoms with Crippen molar-refractivity contribution in [2.75, 3.05) is 19.5 Å². The van der Waals surface area contributed by atoms with Crippen molar-refractivity contribution in [3.05, 3.63) is 24.2 Å². The van der Waals surface area contributed by atoms with Crippen LogP contribution in [0.1, 0.15) is 6.92 Å². The van der Waals surface area contributed by atoms with Gasteiger partial charge < -0.3 is 15.8 Å². The summed E-state index contributed by atoms with van der Waals surface area (Å²) in [6, 6.07) is 1.66. The Balaban J connectivity index is 2.87. The van der Waals surface area contributed by atoms with E-state index in [0.717, 1.165) is 5.71 Å². The fourth-order valence-electron chi connectivity index (χ4n) is 1.01. The quantitative estimate of drug-likeness (QED) is 0.734. The minimum absolute atomic E-state index is 0.416. The predicted molar refractivity (Wildman–Crippen MR) is 63.5 cm³/mol. The molecule has 1 aromatic rings. The van der Waals surface area contributed by atoms with Gasteiger partial charge in [-0.3, -0.25) is 4.99 Å². The van der Waals surface area contributed by atoms with Gasteiger partial charge in [0.15, 0.2) is 0 Å². The number of allylic oxidation sites excluding steroid dienone is 1. The molecule has 6 nitrogen and oxygen atoms in total. The minimum Gasteiger partial charge on any atom is -0.481 e. The third kappa shape index (κ3) is 2.94. The number of anilines is 1. The van der Waals surface area contributed by atoms with Gasteiger partial charge in [0.1, 0.15) is 0 Å². The Morgan fingerprint density at radius 1 is 1.62 bits per heavy atom. The number of nitrogens with zero attached hydrogens (tertiary/aromatic N) is 3. The zero-order valence-electron chi connectivity index (χ0n) is 9.56. The maximum Gasteiger partial charge on any atom is 0.230 e. The van der Waals surface area contributed by atoms with Gasteiger partial charge in [0.2, 0.25) is 11.8 Å². The SMILES string of the molecule is CN=C(C)C(=CN)Nc1nccc(OC)n1. The number of hydrogen-bond acceptors (Lipinski definition) is 6. The number of nitrogens with one attached hydrogen (secondary N) is 1. The minimum atomic E-state index is 0.416. The molecule has 0 saturated carbocycles. The van der Waals surface area contributed by atoms with E-state index in [0.29, 0.717) is 17.5 Å². The Hall–Kier alpha value is -2.11. The summed E-state index contributed by atoms with van der Waals surface area (Å²) in [6.45, 7) is 1.84. The van der Waals surface area contributed by atoms with Crippen LogP contribution in [-0.4, -0.2) is 29.8 Å². The molecule has 0 spiro atoms. The number of aromatic nitrogens is 2. The molecule has 0 aliphatic rings. The monoisotopic (exact) mass is 221 g/mol. The largest absolute Gasteiger partial charge is 0.481 e. The predicted octanol–water partition coefficient (Wildman–Crippen LogP) is 0.788. The fraction of sp³-hybridized carbons (Fsp3) is 0.300. The second kappa shape index (κ2) is 5.69. The summed E-state index contributed by atoms with van der Waals surface area (Å²) >= 11 is 0. The lowest BCUT2D eigenvalue weighted by molar-refractivity contribution is 0.397. The molecule has 1 rings (SSSR count). The van der Waals surface area contributed by atoms with Crippen LogP contribution in [0.4, 0.5) is 5.95 Å². The normalized spacial score (nSPS) is 12.4. The van der Waals surface area contributed by atoms with Crippen molar-refractivity contribution in [2.24, 2.45) is 10.7 Å². The van der Waals surface area contributed by atoms with Gasteiger partial charge in [0.05, 0.1) is 18.5 Å². The van der Waals surface area contributed by atoms with Gasteiger partial charge in [0, 0.05) is 25.5 Å². The van der Waals surface area contributed by atoms with Crippen LogP contribution in [0.2, 0.25) is 0 Å². The molecule has 0 aliphatic carbocycles. The van der Waals surface area contributed by atoms with E-state index in [4.69, 9.17) is 10.5 Å². The van der Waals surface area contributed by atoms with Crippen molar-refractivity contribution in [2.45, 2.75) is 6.92 Å². The summed E-state index contributed by atoms with van der Waals surface area (Å²) in [4.78, 5) is 12.2. The van der Waals surface area contributed by atoms with Crippen LogP contribution >= 0.6 is 0 Å². The summed E-state index contributed by atoms with van der Waals surface area (Å²) in [5.74, 6) is 0.902. The van der Waals surface area contributed by atoms with Gasteiger partial charge in [-0.1, -0.05) is 0 Å². The first-order chi connectivity index (χ1) is 7.71. The second-order valence-corrected chi connectivity index (χ2v) is 2.94. The van der Waals surface area contributed by atoms with Gasteiger partial charge in [-0.15, -0.1) is 0 Å². The highest BCUT2D eigenvalue weighted by Gasteiger charge is 2.04. The number of ether oxygens (including phenoxy) is 1. The van der Waals surface area contributed by atoms with Gasteiger partial charge in [0.25, 0.3) is 0 Å². The molecule has 0 bridgehead atoms. The molecule has 0 aliphatic heterocycles. The van der Waals surface area contributed by atoms with Crippen molar-refractivity contribution >= 4 is 11.7 Å². The molecule has 3 N–H and O–H groups in total. The summed E-state index contributed by atoms with van der Waals surface area (Å²) in [5, 5.41) is 2.96. The molecular formula is C10H15N5O. The molecule has 0 atom stereocenters. The first-order valence-corrected chi connectivity index (χ1v) is 4.71. The van der Waals surface area contributed by atoms with Crippen molar-refractivity contribution in [3.63, 3.8) is 0 Å². The van der Waals surface area contributed by atoms with Crippen LogP contribution in [-0.2, 0) is 0 Å². The third-order valence-electron chi connectivity index (χ3n) is 1.98. The Kier molecular flexibility index (Phi) is 4.26. The van der Waals surface area contributed by atoms with Gasteiger partial charge >= 0.3 is 0 Å². The average molecular weight is 221 g/mol. The molecular weight excluding hydrogens is 206 g/mol. The van der Waals surface area contributed by atoms with Gasteiger partial charge in [-0.2, -0.15) is 4.98 Å². The van der Waals surface area contributed by atoms with Crippen LogP contribution in [0.3, 0.4) is 0 Å². The van der Waals surface area contributed by atoms with E-state index in [1.807, 2.05) is 6.92 Å². The van der Waals surface area contributed by atoms with Gasteiger partial charge in [-0.25, -0.2) is 4.98 Å². The first-order valence-electron chi connectivity index (χ1n) is 4.71. The third-order valence-corrected chi connectivity index (χ3v) is 1.98. The molecule has 1 aromatic heterocycles. The van der Waals surface area contributed by atoms with Crippen LogP contribution < -0.4 is 15.8 Å². The average Bonchev–Trinajstić information content (AvgIpc) is 2.35. The van der Waals surface area contributed by atoms with E-state index in [1.54, 1.807) is 26.4 Å². The molecule has 0 amide bonds. The number of nitrogens with two attached hydrogens (primary N) is 1. The molecule has 86 valence electrons. The molecule has 0 saturated heterocycles. The van der Waals surface area contributed by atoms with Gasteiger partial charge in [-0.05, 0) is 6.92 Å². The number of rotatable bonds is 4. The van der Waals surface area contributed by atoms with E-state index in [9.17, 15) is 0 Å². The molecule has 16 heavy (non-hydrogen) atoms. The highest BCUT2D eigenvalue weighted by atomic mass is 16.5. The van der Waals surface area contributed by atoms with Crippen LogP contribution in [0.5, 0.6) is 5.88 Å². The highest BCUT2D eigenvalue weighted by molar-refractivity contribution is 6.00. The van der Waals surface area contributed by atoms with Crippen molar-refractivity contribution < 1.29 is 4.74 Å². The van der Waals surface area contributed by atoms with Crippen molar-refractivity contribution in [3.8, 4) is 5.88 Å². The molecule has 0 fully saturated rings. The Bertz CT molecular complexity index is 413. The van der Waals surface area contributed by atoms with Crippen LogP contribution in [0.15, 0.2) is 29.2 Å². The number of methoxy groups -OCH3 is 1. The van der Waals surface area contributed by atoms with E-state index >= 15 is 0 Å². The maximum absolute atomic E-state index is 5.48. The molecule has 0 unspecified atom stereocenters. The Labute approximate surface area is 94.3 Å². The first kappa shape index (κ1) is 12.0. The molecule has 0 aromatic carbocycles. The van der Waals surface area contributed by atoms with Crippen molar-refractivity contribution in [1.29, 1.82) is 0 Å². The molecule has 0 radical (unpaired) electrons. The standard InChI is InChI=1S/C10H15N5O/c1-7(12-2)8(6-11)14-10-13-5-4-9(15-10)16-3/h4-6H,11H2,1-3H3,(H,13,14,15). The Morgan fingerprint density at radius 2 is 2.38 bits per heavy atom. The smallest absolute Gasteiger partial charge is 0.230 e. The van der Waals surface area contributed by atoms with Crippen LogP contribution in [0, 0.1) is 0 Å². The van der Waals surface area contributed by atoms with E-state index < -0.39 is 0 Å².